The first kappa shape index (κ1) is 14.3. The number of carbonyl (C=O) groups is 2. The molecule has 0 saturated heterocycles. The van der Waals surface area contributed by atoms with E-state index in [4.69, 9.17) is 16.7 Å². The number of hydrogen-bond donors (Lipinski definition) is 3. The monoisotopic (exact) mass is 271 g/mol. The predicted octanol–water partition coefficient (Wildman–Crippen LogP) is 1.89. The third-order valence-corrected chi connectivity index (χ3v) is 2.57. The lowest BCUT2D eigenvalue weighted by atomic mass is 10.1. The van der Waals surface area contributed by atoms with E-state index in [9.17, 15) is 14.7 Å². The fourth-order valence-corrected chi connectivity index (χ4v) is 1.60. The van der Waals surface area contributed by atoms with Crippen LogP contribution in [0.4, 0.5) is 0 Å². The van der Waals surface area contributed by atoms with Crippen molar-refractivity contribution < 1.29 is 19.8 Å². The van der Waals surface area contributed by atoms with E-state index < -0.39 is 11.9 Å². The standard InChI is InChI=1S/C12H14ClNO4/c1-7(4-11(16)17)6-14-12(18)9-3-2-8(13)5-10(9)15/h2-3,5,7,15H,4,6H2,1H3,(H,14,18)(H,16,17). The Morgan fingerprint density at radius 3 is 2.67 bits per heavy atom. The molecule has 3 N–H and O–H groups in total. The van der Waals surface area contributed by atoms with Crippen LogP contribution >= 0.6 is 11.6 Å². The van der Waals surface area contributed by atoms with Crippen LogP contribution in [0.5, 0.6) is 5.75 Å². The van der Waals surface area contributed by atoms with Crippen LogP contribution in [-0.2, 0) is 4.79 Å². The highest BCUT2D eigenvalue weighted by Gasteiger charge is 2.13. The number of hydrogen-bond acceptors (Lipinski definition) is 3. The number of phenolic OH excluding ortho intramolecular Hbond substituents is 1. The normalized spacial score (nSPS) is 11.9. The van der Waals surface area contributed by atoms with Gasteiger partial charge in [0.25, 0.3) is 5.91 Å². The second-order valence-corrected chi connectivity index (χ2v) is 4.51. The third kappa shape index (κ3) is 4.25. The van der Waals surface area contributed by atoms with Gasteiger partial charge >= 0.3 is 5.97 Å². The summed E-state index contributed by atoms with van der Waals surface area (Å²) in [5, 5.41) is 21.0. The number of carboxylic acids is 1. The first-order valence-electron chi connectivity index (χ1n) is 5.38. The summed E-state index contributed by atoms with van der Waals surface area (Å²) >= 11 is 5.65. The molecule has 1 amide bonds. The SMILES string of the molecule is CC(CNC(=O)c1ccc(Cl)cc1O)CC(=O)O. The molecule has 98 valence electrons. The Morgan fingerprint density at radius 1 is 1.44 bits per heavy atom. The maximum absolute atomic E-state index is 11.7. The molecule has 0 heterocycles. The van der Waals surface area contributed by atoms with Gasteiger partial charge in [-0.05, 0) is 24.1 Å². The van der Waals surface area contributed by atoms with E-state index in [0.29, 0.717) is 5.02 Å². The van der Waals surface area contributed by atoms with E-state index in [-0.39, 0.29) is 30.2 Å². The minimum atomic E-state index is -0.911. The average Bonchev–Trinajstić information content (AvgIpc) is 2.25. The van der Waals surface area contributed by atoms with Crippen LogP contribution in [-0.4, -0.2) is 28.6 Å². The molecule has 0 aliphatic heterocycles. The Labute approximate surface area is 109 Å². The van der Waals surface area contributed by atoms with Gasteiger partial charge in [0.2, 0.25) is 0 Å². The summed E-state index contributed by atoms with van der Waals surface area (Å²) in [4.78, 5) is 22.2. The van der Waals surface area contributed by atoms with Crippen molar-refractivity contribution in [1.29, 1.82) is 0 Å². The number of carbonyl (C=O) groups excluding carboxylic acids is 1. The summed E-state index contributed by atoms with van der Waals surface area (Å²) in [6, 6.07) is 4.18. The summed E-state index contributed by atoms with van der Waals surface area (Å²) in [5.74, 6) is -1.75. The van der Waals surface area contributed by atoms with Crippen molar-refractivity contribution in [1.82, 2.24) is 5.32 Å². The maximum atomic E-state index is 11.7. The lowest BCUT2D eigenvalue weighted by Crippen LogP contribution is -2.29. The molecule has 0 fully saturated rings. The van der Waals surface area contributed by atoms with Crippen LogP contribution < -0.4 is 5.32 Å². The zero-order chi connectivity index (χ0) is 13.7. The highest BCUT2D eigenvalue weighted by molar-refractivity contribution is 6.30. The largest absolute Gasteiger partial charge is 0.507 e. The third-order valence-electron chi connectivity index (χ3n) is 2.34. The van der Waals surface area contributed by atoms with Crippen LogP contribution in [0.25, 0.3) is 0 Å². The summed E-state index contributed by atoms with van der Waals surface area (Å²) in [6.45, 7) is 1.95. The van der Waals surface area contributed by atoms with Crippen LogP contribution in [0.2, 0.25) is 5.02 Å². The van der Waals surface area contributed by atoms with Gasteiger partial charge in [-0.15, -0.1) is 0 Å². The first-order valence-corrected chi connectivity index (χ1v) is 5.76. The number of carboxylic acid groups (broad SMARTS) is 1. The fraction of sp³-hybridized carbons (Fsp3) is 0.333. The predicted molar refractivity (Wildman–Crippen MR) is 66.9 cm³/mol. The fourth-order valence-electron chi connectivity index (χ4n) is 1.43. The van der Waals surface area contributed by atoms with E-state index in [0.717, 1.165) is 0 Å². The van der Waals surface area contributed by atoms with Crippen molar-refractivity contribution in [2.45, 2.75) is 13.3 Å². The van der Waals surface area contributed by atoms with Crippen LogP contribution in [0.3, 0.4) is 0 Å². The molecule has 0 aliphatic rings. The molecule has 0 aliphatic carbocycles. The zero-order valence-corrected chi connectivity index (χ0v) is 10.6. The maximum Gasteiger partial charge on any atom is 0.303 e. The quantitative estimate of drug-likeness (QED) is 0.763. The van der Waals surface area contributed by atoms with Gasteiger partial charge in [-0.25, -0.2) is 0 Å². The molecule has 5 nitrogen and oxygen atoms in total. The number of amides is 1. The van der Waals surface area contributed by atoms with Crippen LogP contribution in [0, 0.1) is 5.92 Å². The second-order valence-electron chi connectivity index (χ2n) is 4.07. The van der Waals surface area contributed by atoms with Crippen molar-refractivity contribution in [2.24, 2.45) is 5.92 Å². The van der Waals surface area contributed by atoms with Gasteiger partial charge in [-0.1, -0.05) is 18.5 Å². The molecule has 1 aromatic carbocycles. The first-order chi connectivity index (χ1) is 8.40. The molecule has 18 heavy (non-hydrogen) atoms. The number of halogens is 1. The number of phenols is 1. The number of aliphatic carboxylic acids is 1. The second kappa shape index (κ2) is 6.26. The van der Waals surface area contributed by atoms with E-state index in [1.165, 1.54) is 18.2 Å². The van der Waals surface area contributed by atoms with Crippen molar-refractivity contribution in [3.8, 4) is 5.75 Å². The van der Waals surface area contributed by atoms with Crippen molar-refractivity contribution in [2.75, 3.05) is 6.54 Å². The molecule has 1 rings (SSSR count). The number of aromatic hydroxyl groups is 1. The smallest absolute Gasteiger partial charge is 0.303 e. The van der Waals surface area contributed by atoms with Gasteiger partial charge in [0.15, 0.2) is 0 Å². The highest BCUT2D eigenvalue weighted by Crippen LogP contribution is 2.21. The highest BCUT2D eigenvalue weighted by atomic mass is 35.5. The van der Waals surface area contributed by atoms with E-state index >= 15 is 0 Å². The summed E-state index contributed by atoms with van der Waals surface area (Å²) in [7, 11) is 0. The van der Waals surface area contributed by atoms with Gasteiger partial charge in [-0.3, -0.25) is 9.59 Å². The van der Waals surface area contributed by atoms with Crippen LogP contribution in [0.15, 0.2) is 18.2 Å². The van der Waals surface area contributed by atoms with Crippen molar-refractivity contribution >= 4 is 23.5 Å². The molecule has 1 atom stereocenters. The molecule has 0 spiro atoms. The van der Waals surface area contributed by atoms with E-state index in [1.54, 1.807) is 6.92 Å². The van der Waals surface area contributed by atoms with Gasteiger partial charge in [-0.2, -0.15) is 0 Å². The summed E-state index contributed by atoms with van der Waals surface area (Å²) < 4.78 is 0. The topological polar surface area (TPSA) is 86.6 Å². The van der Waals surface area contributed by atoms with Crippen LogP contribution in [0.1, 0.15) is 23.7 Å². The molecular formula is C12H14ClNO4. The van der Waals surface area contributed by atoms with Crippen molar-refractivity contribution in [3.05, 3.63) is 28.8 Å². The molecule has 0 aromatic heterocycles. The summed E-state index contributed by atoms with van der Waals surface area (Å²) in [5.41, 5.74) is 0.113. The van der Waals surface area contributed by atoms with E-state index in [1.807, 2.05) is 0 Å². The number of nitrogens with one attached hydrogen (secondary N) is 1. The minimum Gasteiger partial charge on any atom is -0.507 e. The van der Waals surface area contributed by atoms with Gasteiger partial charge in [0, 0.05) is 18.0 Å². The number of benzene rings is 1. The average molecular weight is 272 g/mol. The Morgan fingerprint density at radius 2 is 2.11 bits per heavy atom. The molecular weight excluding hydrogens is 258 g/mol. The summed E-state index contributed by atoms with van der Waals surface area (Å²) in [6.07, 6.45) is -0.0210. The molecule has 0 bridgehead atoms. The molecule has 6 heteroatoms. The number of rotatable bonds is 5. The van der Waals surface area contributed by atoms with Gasteiger partial charge in [0.05, 0.1) is 5.56 Å². The molecule has 0 saturated carbocycles. The van der Waals surface area contributed by atoms with Gasteiger partial charge < -0.3 is 15.5 Å². The molecule has 1 unspecified atom stereocenters. The Hall–Kier alpha value is -1.75. The van der Waals surface area contributed by atoms with Crippen molar-refractivity contribution in [3.63, 3.8) is 0 Å². The van der Waals surface area contributed by atoms with E-state index in [2.05, 4.69) is 5.32 Å². The Kier molecular flexibility index (Phi) is 4.97. The lowest BCUT2D eigenvalue weighted by molar-refractivity contribution is -0.137. The molecule has 0 radical (unpaired) electrons. The lowest BCUT2D eigenvalue weighted by Gasteiger charge is -2.11. The minimum absolute atomic E-state index is 0.0210. The Bertz CT molecular complexity index is 461. The Balaban J connectivity index is 2.58. The molecule has 1 aromatic rings. The van der Waals surface area contributed by atoms with Gasteiger partial charge in [0.1, 0.15) is 5.75 Å². The zero-order valence-electron chi connectivity index (χ0n) is 9.81.